The summed E-state index contributed by atoms with van der Waals surface area (Å²) in [6.07, 6.45) is 4.85. The van der Waals surface area contributed by atoms with Gasteiger partial charge in [0.15, 0.2) is 0 Å². The molecular weight excluding hydrogens is 172 g/mol. The number of rotatable bonds is 6. The monoisotopic (exact) mass is 192 g/mol. The number of nitrogens with one attached hydrogen (secondary N) is 1. The first-order valence-electron chi connectivity index (χ1n) is 5.40. The van der Waals surface area contributed by atoms with Gasteiger partial charge in [-0.05, 0) is 18.6 Å². The van der Waals surface area contributed by atoms with Crippen LogP contribution < -0.4 is 11.1 Å². The van der Waals surface area contributed by atoms with Gasteiger partial charge in [0.05, 0.1) is 6.17 Å². The first-order chi connectivity index (χ1) is 6.83. The van der Waals surface area contributed by atoms with E-state index in [4.69, 9.17) is 5.73 Å². The molecule has 3 N–H and O–H groups in total. The Hall–Kier alpha value is -1.02. The third kappa shape index (κ3) is 4.28. The first kappa shape index (κ1) is 11.1. The molecule has 0 amide bonds. The zero-order valence-electron chi connectivity index (χ0n) is 8.87. The highest BCUT2D eigenvalue weighted by Gasteiger charge is 2.00. The standard InChI is InChI=1S/C12H20N2/c1-2-3-5-10-12(13)14-11-8-6-4-7-9-11/h4,6-9,12,14H,2-3,5,10,13H2,1H3. The van der Waals surface area contributed by atoms with E-state index in [1.807, 2.05) is 30.3 Å². The van der Waals surface area contributed by atoms with Gasteiger partial charge in [0.2, 0.25) is 0 Å². The maximum absolute atomic E-state index is 5.94. The molecule has 0 spiro atoms. The predicted octanol–water partition coefficient (Wildman–Crippen LogP) is 2.96. The molecule has 0 bridgehead atoms. The van der Waals surface area contributed by atoms with Crippen molar-refractivity contribution in [1.82, 2.24) is 0 Å². The van der Waals surface area contributed by atoms with Crippen LogP contribution >= 0.6 is 0 Å². The van der Waals surface area contributed by atoms with Gasteiger partial charge in [-0.25, -0.2) is 0 Å². The van der Waals surface area contributed by atoms with Crippen molar-refractivity contribution in [3.63, 3.8) is 0 Å². The molecular formula is C12H20N2. The van der Waals surface area contributed by atoms with Crippen LogP contribution in [-0.4, -0.2) is 6.17 Å². The van der Waals surface area contributed by atoms with E-state index in [9.17, 15) is 0 Å². The summed E-state index contributed by atoms with van der Waals surface area (Å²) in [4.78, 5) is 0. The molecule has 0 saturated carbocycles. The normalized spacial score (nSPS) is 12.4. The molecule has 1 rings (SSSR count). The second kappa shape index (κ2) is 6.44. The van der Waals surface area contributed by atoms with Gasteiger partial charge in [0.1, 0.15) is 0 Å². The van der Waals surface area contributed by atoms with Gasteiger partial charge in [-0.15, -0.1) is 0 Å². The van der Waals surface area contributed by atoms with Gasteiger partial charge in [-0.2, -0.15) is 0 Å². The Kier molecular flexibility index (Phi) is 5.08. The lowest BCUT2D eigenvalue weighted by Gasteiger charge is -2.14. The van der Waals surface area contributed by atoms with Gasteiger partial charge in [0.25, 0.3) is 0 Å². The third-order valence-corrected chi connectivity index (χ3v) is 2.24. The second-order valence-corrected chi connectivity index (χ2v) is 3.61. The number of anilines is 1. The minimum absolute atomic E-state index is 0.0870. The number of benzene rings is 1. The zero-order valence-corrected chi connectivity index (χ0v) is 8.87. The van der Waals surface area contributed by atoms with Gasteiger partial charge in [-0.3, -0.25) is 0 Å². The van der Waals surface area contributed by atoms with Crippen molar-refractivity contribution in [2.75, 3.05) is 5.32 Å². The van der Waals surface area contributed by atoms with Crippen molar-refractivity contribution in [3.05, 3.63) is 30.3 Å². The Morgan fingerprint density at radius 2 is 1.93 bits per heavy atom. The van der Waals surface area contributed by atoms with E-state index in [0.29, 0.717) is 0 Å². The average Bonchev–Trinajstić information content (AvgIpc) is 2.20. The summed E-state index contributed by atoms with van der Waals surface area (Å²) in [5, 5.41) is 3.28. The minimum Gasteiger partial charge on any atom is -0.370 e. The van der Waals surface area contributed by atoms with E-state index >= 15 is 0 Å². The van der Waals surface area contributed by atoms with Crippen LogP contribution in [0.4, 0.5) is 5.69 Å². The van der Waals surface area contributed by atoms with Crippen LogP contribution in [0.2, 0.25) is 0 Å². The lowest BCUT2D eigenvalue weighted by molar-refractivity contribution is 0.600. The van der Waals surface area contributed by atoms with Crippen molar-refractivity contribution in [2.24, 2.45) is 5.73 Å². The number of hydrogen-bond donors (Lipinski definition) is 2. The number of hydrogen-bond acceptors (Lipinski definition) is 2. The second-order valence-electron chi connectivity index (χ2n) is 3.61. The summed E-state index contributed by atoms with van der Waals surface area (Å²) in [5.41, 5.74) is 7.04. The van der Waals surface area contributed by atoms with Crippen LogP contribution in [0.5, 0.6) is 0 Å². The van der Waals surface area contributed by atoms with Gasteiger partial charge >= 0.3 is 0 Å². The summed E-state index contributed by atoms with van der Waals surface area (Å²) in [5.74, 6) is 0. The Labute approximate surface area is 86.5 Å². The van der Waals surface area contributed by atoms with Gasteiger partial charge < -0.3 is 11.1 Å². The maximum atomic E-state index is 5.94. The minimum atomic E-state index is 0.0870. The quantitative estimate of drug-likeness (QED) is 0.537. The zero-order chi connectivity index (χ0) is 10.2. The highest BCUT2D eigenvalue weighted by molar-refractivity contribution is 5.42. The molecule has 1 aromatic rings. The van der Waals surface area contributed by atoms with E-state index in [2.05, 4.69) is 12.2 Å². The predicted molar refractivity (Wildman–Crippen MR) is 62.2 cm³/mol. The molecule has 1 unspecified atom stereocenters. The molecule has 0 saturated heterocycles. The fraction of sp³-hybridized carbons (Fsp3) is 0.500. The highest BCUT2D eigenvalue weighted by atomic mass is 15.0. The SMILES string of the molecule is CCCCCC(N)Nc1ccccc1. The van der Waals surface area contributed by atoms with Crippen LogP contribution in [0.3, 0.4) is 0 Å². The molecule has 78 valence electrons. The van der Waals surface area contributed by atoms with E-state index in [-0.39, 0.29) is 6.17 Å². The van der Waals surface area contributed by atoms with Crippen LogP contribution in [0.1, 0.15) is 32.6 Å². The molecule has 0 aliphatic rings. The van der Waals surface area contributed by atoms with Gasteiger partial charge in [-0.1, -0.05) is 44.4 Å². The number of nitrogens with two attached hydrogens (primary N) is 1. The molecule has 0 aliphatic heterocycles. The summed E-state index contributed by atoms with van der Waals surface area (Å²) < 4.78 is 0. The van der Waals surface area contributed by atoms with E-state index in [0.717, 1.165) is 12.1 Å². The Balaban J connectivity index is 2.23. The van der Waals surface area contributed by atoms with E-state index in [1.165, 1.54) is 19.3 Å². The van der Waals surface area contributed by atoms with Crippen LogP contribution in [0.15, 0.2) is 30.3 Å². The van der Waals surface area contributed by atoms with Gasteiger partial charge in [0, 0.05) is 5.69 Å². The third-order valence-electron chi connectivity index (χ3n) is 2.24. The van der Waals surface area contributed by atoms with E-state index in [1.54, 1.807) is 0 Å². The molecule has 2 heteroatoms. The largest absolute Gasteiger partial charge is 0.370 e. The highest BCUT2D eigenvalue weighted by Crippen LogP contribution is 2.08. The molecule has 1 aromatic carbocycles. The molecule has 14 heavy (non-hydrogen) atoms. The Morgan fingerprint density at radius 1 is 1.21 bits per heavy atom. The van der Waals surface area contributed by atoms with Crippen molar-refractivity contribution in [2.45, 2.75) is 38.8 Å². The molecule has 0 heterocycles. The molecule has 1 atom stereocenters. The van der Waals surface area contributed by atoms with E-state index < -0.39 is 0 Å². The number of unbranched alkanes of at least 4 members (excludes halogenated alkanes) is 2. The molecule has 0 aliphatic carbocycles. The molecule has 0 aromatic heterocycles. The smallest absolute Gasteiger partial charge is 0.0743 e. The molecule has 2 nitrogen and oxygen atoms in total. The first-order valence-corrected chi connectivity index (χ1v) is 5.40. The van der Waals surface area contributed by atoms with Crippen LogP contribution in [0.25, 0.3) is 0 Å². The Morgan fingerprint density at radius 3 is 2.57 bits per heavy atom. The maximum Gasteiger partial charge on any atom is 0.0743 e. The van der Waals surface area contributed by atoms with Crippen molar-refractivity contribution in [3.8, 4) is 0 Å². The lowest BCUT2D eigenvalue weighted by Crippen LogP contribution is -2.29. The fourth-order valence-corrected chi connectivity index (χ4v) is 1.43. The summed E-state index contributed by atoms with van der Waals surface area (Å²) in [7, 11) is 0. The van der Waals surface area contributed by atoms with Crippen molar-refractivity contribution >= 4 is 5.69 Å². The summed E-state index contributed by atoms with van der Waals surface area (Å²) in [6, 6.07) is 10.1. The summed E-state index contributed by atoms with van der Waals surface area (Å²) >= 11 is 0. The Bertz CT molecular complexity index is 233. The van der Waals surface area contributed by atoms with Crippen LogP contribution in [0, 0.1) is 0 Å². The lowest BCUT2D eigenvalue weighted by atomic mass is 10.2. The molecule has 0 fully saturated rings. The topological polar surface area (TPSA) is 38.0 Å². The molecule has 0 radical (unpaired) electrons. The average molecular weight is 192 g/mol. The fourth-order valence-electron chi connectivity index (χ4n) is 1.43. The number of para-hydroxylation sites is 1. The van der Waals surface area contributed by atoms with Crippen LogP contribution in [-0.2, 0) is 0 Å². The summed E-state index contributed by atoms with van der Waals surface area (Å²) in [6.45, 7) is 2.20. The van der Waals surface area contributed by atoms with Crippen molar-refractivity contribution in [1.29, 1.82) is 0 Å². The van der Waals surface area contributed by atoms with Crippen molar-refractivity contribution < 1.29 is 0 Å².